The van der Waals surface area contributed by atoms with Gasteiger partial charge in [-0.2, -0.15) is 0 Å². The van der Waals surface area contributed by atoms with Crippen LogP contribution in [0.1, 0.15) is 20.8 Å². The second kappa shape index (κ2) is 6.48. The van der Waals surface area contributed by atoms with Gasteiger partial charge in [-0.05, 0) is 0 Å². The lowest BCUT2D eigenvalue weighted by atomic mass is 9.98. The Morgan fingerprint density at radius 3 is 2.29 bits per heavy atom. The molecule has 0 spiro atoms. The quantitative estimate of drug-likeness (QED) is 0.527. The van der Waals surface area contributed by atoms with Crippen LogP contribution < -0.4 is 0 Å². The monoisotopic (exact) mass is 392 g/mol. The summed E-state index contributed by atoms with van der Waals surface area (Å²) in [6.45, 7) is 6.40. The average molecular weight is 395 g/mol. The van der Waals surface area contributed by atoms with Crippen molar-refractivity contribution in [2.45, 2.75) is 30.4 Å². The van der Waals surface area contributed by atoms with Crippen LogP contribution in [-0.4, -0.2) is 27.6 Å². The molecule has 0 aliphatic heterocycles. The Bertz CT molecular complexity index is 192. The first-order valence-electron chi connectivity index (χ1n) is 4.31. The average Bonchev–Trinajstić information content (AvgIpc) is 2.13. The fourth-order valence-corrected chi connectivity index (χ4v) is 1.08. The maximum atomic E-state index is 11.4. The lowest BCUT2D eigenvalue weighted by Crippen LogP contribution is -2.29. The molecule has 0 saturated carbocycles. The molecule has 0 heterocycles. The summed E-state index contributed by atoms with van der Waals surface area (Å²) in [5, 5.41) is 0.810. The third kappa shape index (κ3) is 5.71. The summed E-state index contributed by atoms with van der Waals surface area (Å²) < 4.78 is 5.17. The second-order valence-corrected chi connectivity index (χ2v) is 6.98. The van der Waals surface area contributed by atoms with Crippen LogP contribution in [0.2, 0.25) is 0 Å². The van der Waals surface area contributed by atoms with Gasteiger partial charge in [0.15, 0.2) is 0 Å². The van der Waals surface area contributed by atoms with E-state index in [-0.39, 0.29) is 21.0 Å². The maximum Gasteiger partial charge on any atom is 0.320 e. The standard InChI is InChI=1S/C9H15Br3O2/c1-6(11)7(12)8(13)14-5-9(2,3)4-10/h6-7H,4-5H2,1-3H3. The number of carbonyl (C=O) groups excluding carboxylic acids is 1. The SMILES string of the molecule is CC(Br)C(Br)C(=O)OCC(C)(C)CBr. The number of halogens is 3. The van der Waals surface area contributed by atoms with Gasteiger partial charge in [-0.1, -0.05) is 68.6 Å². The van der Waals surface area contributed by atoms with Crippen molar-refractivity contribution in [2.24, 2.45) is 5.41 Å². The highest BCUT2D eigenvalue weighted by atomic mass is 79.9. The van der Waals surface area contributed by atoms with Gasteiger partial charge in [-0.25, -0.2) is 0 Å². The summed E-state index contributed by atoms with van der Waals surface area (Å²) >= 11 is 9.96. The van der Waals surface area contributed by atoms with Crippen LogP contribution in [0.3, 0.4) is 0 Å². The minimum Gasteiger partial charge on any atom is -0.464 e. The lowest BCUT2D eigenvalue weighted by molar-refractivity contribution is -0.145. The van der Waals surface area contributed by atoms with Crippen LogP contribution in [0, 0.1) is 5.41 Å². The summed E-state index contributed by atoms with van der Waals surface area (Å²) in [5.74, 6) is -0.219. The summed E-state index contributed by atoms with van der Waals surface area (Å²) in [6.07, 6.45) is 0. The largest absolute Gasteiger partial charge is 0.464 e. The second-order valence-electron chi connectivity index (χ2n) is 3.98. The van der Waals surface area contributed by atoms with Gasteiger partial charge in [0.05, 0.1) is 6.61 Å². The zero-order valence-electron chi connectivity index (χ0n) is 8.52. The van der Waals surface area contributed by atoms with E-state index in [0.717, 1.165) is 5.33 Å². The molecule has 0 aromatic carbocycles. The van der Waals surface area contributed by atoms with Crippen molar-refractivity contribution in [2.75, 3.05) is 11.9 Å². The Balaban J connectivity index is 3.97. The molecule has 0 aliphatic carbocycles. The summed E-state index contributed by atoms with van der Waals surface area (Å²) in [5.41, 5.74) is -0.0159. The molecule has 0 saturated heterocycles. The van der Waals surface area contributed by atoms with Crippen molar-refractivity contribution in [1.29, 1.82) is 0 Å². The van der Waals surface area contributed by atoms with Gasteiger partial charge in [0.2, 0.25) is 0 Å². The van der Waals surface area contributed by atoms with E-state index in [1.165, 1.54) is 0 Å². The number of hydrogen-bond donors (Lipinski definition) is 0. The van der Waals surface area contributed by atoms with Crippen molar-refractivity contribution >= 4 is 53.8 Å². The molecule has 2 nitrogen and oxygen atoms in total. The van der Waals surface area contributed by atoms with Gasteiger partial charge in [0.25, 0.3) is 0 Å². The number of carbonyl (C=O) groups is 1. The number of ether oxygens (including phenoxy) is 1. The Morgan fingerprint density at radius 2 is 1.93 bits per heavy atom. The fraction of sp³-hybridized carbons (Fsp3) is 0.889. The Morgan fingerprint density at radius 1 is 1.43 bits per heavy atom. The van der Waals surface area contributed by atoms with E-state index in [0.29, 0.717) is 6.61 Å². The summed E-state index contributed by atoms with van der Waals surface area (Å²) in [6, 6.07) is 0. The zero-order chi connectivity index (χ0) is 11.4. The van der Waals surface area contributed by atoms with E-state index in [2.05, 4.69) is 47.8 Å². The van der Waals surface area contributed by atoms with Crippen LogP contribution >= 0.6 is 47.8 Å². The molecular formula is C9H15Br3O2. The Labute approximate surface area is 111 Å². The van der Waals surface area contributed by atoms with E-state index >= 15 is 0 Å². The highest BCUT2D eigenvalue weighted by molar-refractivity contribution is 9.12. The molecule has 2 atom stereocenters. The van der Waals surface area contributed by atoms with Crippen LogP contribution in [0.4, 0.5) is 0 Å². The number of esters is 1. The van der Waals surface area contributed by atoms with Gasteiger partial charge in [-0.3, -0.25) is 4.79 Å². The molecule has 5 heteroatoms. The van der Waals surface area contributed by atoms with Crippen LogP contribution in [0.5, 0.6) is 0 Å². The van der Waals surface area contributed by atoms with Crippen LogP contribution in [0.25, 0.3) is 0 Å². The number of hydrogen-bond acceptors (Lipinski definition) is 2. The predicted molar refractivity (Wildman–Crippen MR) is 69.6 cm³/mol. The minimum absolute atomic E-state index is 0.0159. The molecule has 0 aliphatic rings. The molecular weight excluding hydrogens is 380 g/mol. The van der Waals surface area contributed by atoms with Gasteiger partial charge >= 0.3 is 5.97 Å². The van der Waals surface area contributed by atoms with Gasteiger partial charge in [0.1, 0.15) is 4.83 Å². The van der Waals surface area contributed by atoms with Crippen LogP contribution in [0.15, 0.2) is 0 Å². The predicted octanol–water partition coefficient (Wildman–Crippen LogP) is 3.50. The molecule has 0 aromatic rings. The first-order chi connectivity index (χ1) is 6.30. The normalized spacial score (nSPS) is 16.1. The van der Waals surface area contributed by atoms with Crippen molar-refractivity contribution in [3.63, 3.8) is 0 Å². The first-order valence-corrected chi connectivity index (χ1v) is 7.26. The van der Waals surface area contributed by atoms with E-state index in [1.54, 1.807) is 0 Å². The number of alkyl halides is 3. The van der Waals surface area contributed by atoms with E-state index in [4.69, 9.17) is 4.74 Å². The lowest BCUT2D eigenvalue weighted by Gasteiger charge is -2.22. The maximum absolute atomic E-state index is 11.4. The molecule has 14 heavy (non-hydrogen) atoms. The minimum atomic E-state index is -0.284. The molecule has 0 N–H and O–H groups in total. The zero-order valence-corrected chi connectivity index (χ0v) is 13.3. The topological polar surface area (TPSA) is 26.3 Å². The van der Waals surface area contributed by atoms with Crippen molar-refractivity contribution in [3.8, 4) is 0 Å². The van der Waals surface area contributed by atoms with Gasteiger partial charge in [0, 0.05) is 15.6 Å². The highest BCUT2D eigenvalue weighted by Crippen LogP contribution is 2.20. The van der Waals surface area contributed by atoms with Gasteiger partial charge < -0.3 is 4.74 Å². The van der Waals surface area contributed by atoms with E-state index in [1.807, 2.05) is 20.8 Å². The smallest absolute Gasteiger partial charge is 0.320 e. The molecule has 0 radical (unpaired) electrons. The Hall–Kier alpha value is 0.910. The third-order valence-electron chi connectivity index (χ3n) is 1.60. The molecule has 0 aromatic heterocycles. The fourth-order valence-electron chi connectivity index (χ4n) is 0.572. The third-order valence-corrected chi connectivity index (χ3v) is 5.52. The Kier molecular flexibility index (Phi) is 6.90. The first kappa shape index (κ1) is 14.9. The van der Waals surface area contributed by atoms with Crippen LogP contribution in [-0.2, 0) is 9.53 Å². The van der Waals surface area contributed by atoms with Crippen molar-refractivity contribution in [1.82, 2.24) is 0 Å². The van der Waals surface area contributed by atoms with Gasteiger partial charge in [-0.15, -0.1) is 0 Å². The number of rotatable bonds is 5. The molecule has 2 unspecified atom stereocenters. The highest BCUT2D eigenvalue weighted by Gasteiger charge is 2.24. The van der Waals surface area contributed by atoms with Crippen molar-refractivity contribution in [3.05, 3.63) is 0 Å². The molecule has 0 rings (SSSR count). The molecule has 0 bridgehead atoms. The van der Waals surface area contributed by atoms with Crippen molar-refractivity contribution < 1.29 is 9.53 Å². The van der Waals surface area contributed by atoms with E-state index in [9.17, 15) is 4.79 Å². The molecule has 84 valence electrons. The molecule has 0 amide bonds. The summed E-state index contributed by atoms with van der Waals surface area (Å²) in [4.78, 5) is 11.2. The summed E-state index contributed by atoms with van der Waals surface area (Å²) in [7, 11) is 0. The van der Waals surface area contributed by atoms with E-state index < -0.39 is 0 Å². The molecule has 0 fully saturated rings.